The number of carboxylic acids is 1. The van der Waals surface area contributed by atoms with Crippen LogP contribution in [0.5, 0.6) is 5.75 Å². The lowest BCUT2D eigenvalue weighted by atomic mass is 9.91. The van der Waals surface area contributed by atoms with Crippen molar-refractivity contribution >= 4 is 11.9 Å². The average Bonchev–Trinajstić information content (AvgIpc) is 2.43. The summed E-state index contributed by atoms with van der Waals surface area (Å²) in [6.45, 7) is 4.02. The van der Waals surface area contributed by atoms with Gasteiger partial charge in [0.15, 0.2) is 0 Å². The van der Waals surface area contributed by atoms with E-state index in [4.69, 9.17) is 9.84 Å². The molecule has 0 saturated carbocycles. The molecule has 1 aliphatic rings. The highest BCUT2D eigenvalue weighted by molar-refractivity contribution is 5.88. The van der Waals surface area contributed by atoms with Crippen LogP contribution in [0.2, 0.25) is 0 Å². The SMILES string of the molecule is CC(C)[C@@H](NC(=O)C1CCOc2ccccc21)C(=O)O. The highest BCUT2D eigenvalue weighted by Gasteiger charge is 2.31. The number of carbonyl (C=O) groups excluding carboxylic acids is 1. The molecule has 1 unspecified atom stereocenters. The number of ether oxygens (including phenoxy) is 1. The van der Waals surface area contributed by atoms with E-state index in [1.54, 1.807) is 13.8 Å². The quantitative estimate of drug-likeness (QED) is 0.879. The summed E-state index contributed by atoms with van der Waals surface area (Å²) in [5.74, 6) is -1.06. The zero-order valence-corrected chi connectivity index (χ0v) is 11.6. The Morgan fingerprint density at radius 3 is 2.70 bits per heavy atom. The van der Waals surface area contributed by atoms with E-state index >= 15 is 0 Å². The van der Waals surface area contributed by atoms with Gasteiger partial charge in [-0.15, -0.1) is 0 Å². The molecule has 5 nitrogen and oxygen atoms in total. The van der Waals surface area contributed by atoms with Crippen LogP contribution in [0.1, 0.15) is 31.7 Å². The number of benzene rings is 1. The summed E-state index contributed by atoms with van der Waals surface area (Å²) in [5.41, 5.74) is 0.823. The van der Waals surface area contributed by atoms with Crippen molar-refractivity contribution in [3.63, 3.8) is 0 Å². The van der Waals surface area contributed by atoms with Crippen molar-refractivity contribution < 1.29 is 19.4 Å². The van der Waals surface area contributed by atoms with Crippen molar-refractivity contribution in [1.29, 1.82) is 0 Å². The van der Waals surface area contributed by atoms with E-state index in [1.165, 1.54) is 0 Å². The third-order valence-corrected chi connectivity index (χ3v) is 3.51. The number of fused-ring (bicyclic) bond motifs is 1. The molecule has 20 heavy (non-hydrogen) atoms. The predicted molar refractivity (Wildman–Crippen MR) is 73.7 cm³/mol. The number of carbonyl (C=O) groups is 2. The van der Waals surface area contributed by atoms with E-state index in [2.05, 4.69) is 5.32 Å². The fourth-order valence-corrected chi connectivity index (χ4v) is 2.38. The average molecular weight is 277 g/mol. The number of nitrogens with one attached hydrogen (secondary N) is 1. The maximum atomic E-state index is 12.4. The second kappa shape index (κ2) is 5.94. The molecule has 0 saturated heterocycles. The van der Waals surface area contributed by atoms with E-state index in [0.717, 1.165) is 5.56 Å². The van der Waals surface area contributed by atoms with Crippen molar-refractivity contribution in [3.05, 3.63) is 29.8 Å². The summed E-state index contributed by atoms with van der Waals surface area (Å²) in [6, 6.07) is 6.52. The molecule has 2 atom stereocenters. The zero-order chi connectivity index (χ0) is 14.7. The Morgan fingerprint density at radius 2 is 2.05 bits per heavy atom. The van der Waals surface area contributed by atoms with E-state index in [9.17, 15) is 9.59 Å². The number of rotatable bonds is 4. The van der Waals surface area contributed by atoms with Crippen molar-refractivity contribution in [2.24, 2.45) is 5.92 Å². The van der Waals surface area contributed by atoms with Crippen molar-refractivity contribution in [3.8, 4) is 5.75 Å². The van der Waals surface area contributed by atoms with Crippen LogP contribution in [-0.4, -0.2) is 29.6 Å². The molecule has 5 heteroatoms. The maximum absolute atomic E-state index is 12.4. The van der Waals surface area contributed by atoms with Gasteiger partial charge in [0.1, 0.15) is 11.8 Å². The standard InChI is InChI=1S/C15H19NO4/c1-9(2)13(15(18)19)16-14(17)11-7-8-20-12-6-4-3-5-10(11)12/h3-6,9,11,13H,7-8H2,1-2H3,(H,16,17)(H,18,19)/t11?,13-/m1/s1. The van der Waals surface area contributed by atoms with E-state index in [1.807, 2.05) is 24.3 Å². The smallest absolute Gasteiger partial charge is 0.326 e. The Balaban J connectivity index is 2.16. The number of hydrogen-bond acceptors (Lipinski definition) is 3. The Labute approximate surface area is 117 Å². The topological polar surface area (TPSA) is 75.6 Å². The number of amides is 1. The summed E-state index contributed by atoms with van der Waals surface area (Å²) in [4.78, 5) is 23.5. The molecular weight excluding hydrogens is 258 g/mol. The molecule has 1 aliphatic heterocycles. The summed E-state index contributed by atoms with van der Waals surface area (Å²) in [5, 5.41) is 11.8. The summed E-state index contributed by atoms with van der Waals surface area (Å²) < 4.78 is 5.51. The molecule has 0 radical (unpaired) electrons. The molecule has 2 N–H and O–H groups in total. The van der Waals surface area contributed by atoms with Crippen LogP contribution in [-0.2, 0) is 9.59 Å². The van der Waals surface area contributed by atoms with Gasteiger partial charge >= 0.3 is 5.97 Å². The van der Waals surface area contributed by atoms with Crippen LogP contribution < -0.4 is 10.1 Å². The van der Waals surface area contributed by atoms with E-state index in [-0.39, 0.29) is 17.7 Å². The lowest BCUT2D eigenvalue weighted by Crippen LogP contribution is -2.46. The van der Waals surface area contributed by atoms with Gasteiger partial charge in [0.25, 0.3) is 0 Å². The van der Waals surface area contributed by atoms with Crippen molar-refractivity contribution in [2.45, 2.75) is 32.2 Å². The van der Waals surface area contributed by atoms with Crippen LogP contribution in [0.4, 0.5) is 0 Å². The van der Waals surface area contributed by atoms with Gasteiger partial charge in [-0.05, 0) is 18.4 Å². The van der Waals surface area contributed by atoms with Gasteiger partial charge in [0.2, 0.25) is 5.91 Å². The fraction of sp³-hybridized carbons (Fsp3) is 0.467. The Kier molecular flexibility index (Phi) is 4.27. The molecule has 2 rings (SSSR count). The Bertz CT molecular complexity index is 512. The van der Waals surface area contributed by atoms with Gasteiger partial charge in [-0.25, -0.2) is 4.79 Å². The van der Waals surface area contributed by atoms with Crippen molar-refractivity contribution in [2.75, 3.05) is 6.61 Å². The highest BCUT2D eigenvalue weighted by atomic mass is 16.5. The third kappa shape index (κ3) is 2.92. The van der Waals surface area contributed by atoms with E-state index < -0.39 is 12.0 Å². The minimum Gasteiger partial charge on any atom is -0.493 e. The lowest BCUT2D eigenvalue weighted by molar-refractivity contribution is -0.143. The first-order valence-corrected chi connectivity index (χ1v) is 6.75. The molecular formula is C15H19NO4. The van der Waals surface area contributed by atoms with Crippen LogP contribution in [0.3, 0.4) is 0 Å². The highest BCUT2D eigenvalue weighted by Crippen LogP contribution is 2.33. The zero-order valence-electron chi connectivity index (χ0n) is 11.6. The molecule has 1 aromatic rings. The largest absolute Gasteiger partial charge is 0.493 e. The number of aliphatic carboxylic acids is 1. The third-order valence-electron chi connectivity index (χ3n) is 3.51. The van der Waals surface area contributed by atoms with Gasteiger partial charge < -0.3 is 15.2 Å². The van der Waals surface area contributed by atoms with Gasteiger partial charge in [-0.3, -0.25) is 4.79 Å². The normalized spacial score (nSPS) is 18.9. The first kappa shape index (κ1) is 14.4. The molecule has 1 amide bonds. The Morgan fingerprint density at radius 1 is 1.35 bits per heavy atom. The Hall–Kier alpha value is -2.04. The summed E-state index contributed by atoms with van der Waals surface area (Å²) >= 11 is 0. The first-order valence-electron chi connectivity index (χ1n) is 6.75. The molecule has 0 bridgehead atoms. The molecule has 1 aromatic carbocycles. The molecule has 0 fully saturated rings. The summed E-state index contributed by atoms with van der Waals surface area (Å²) in [6.07, 6.45) is 0.563. The second-order valence-corrected chi connectivity index (χ2v) is 5.30. The van der Waals surface area contributed by atoms with Gasteiger partial charge in [0, 0.05) is 5.56 Å². The number of carboxylic acid groups (broad SMARTS) is 1. The first-order chi connectivity index (χ1) is 9.50. The molecule has 1 heterocycles. The molecule has 108 valence electrons. The van der Waals surface area contributed by atoms with Gasteiger partial charge in [-0.1, -0.05) is 32.0 Å². The van der Waals surface area contributed by atoms with Gasteiger partial charge in [-0.2, -0.15) is 0 Å². The van der Waals surface area contributed by atoms with Crippen molar-refractivity contribution in [1.82, 2.24) is 5.32 Å². The second-order valence-electron chi connectivity index (χ2n) is 5.30. The van der Waals surface area contributed by atoms with Crippen LogP contribution >= 0.6 is 0 Å². The maximum Gasteiger partial charge on any atom is 0.326 e. The van der Waals surface area contributed by atoms with Crippen LogP contribution in [0.25, 0.3) is 0 Å². The van der Waals surface area contributed by atoms with Crippen LogP contribution in [0, 0.1) is 5.92 Å². The molecule has 0 spiro atoms. The minimum absolute atomic E-state index is 0.161. The van der Waals surface area contributed by atoms with Gasteiger partial charge in [0.05, 0.1) is 12.5 Å². The van der Waals surface area contributed by atoms with Crippen LogP contribution in [0.15, 0.2) is 24.3 Å². The number of para-hydroxylation sites is 1. The monoisotopic (exact) mass is 277 g/mol. The van der Waals surface area contributed by atoms with E-state index in [0.29, 0.717) is 18.8 Å². The minimum atomic E-state index is -1.01. The molecule has 0 aliphatic carbocycles. The fourth-order valence-electron chi connectivity index (χ4n) is 2.38. The number of hydrogen-bond donors (Lipinski definition) is 2. The molecule has 0 aromatic heterocycles. The lowest BCUT2D eigenvalue weighted by Gasteiger charge is -2.27. The summed E-state index contributed by atoms with van der Waals surface area (Å²) in [7, 11) is 0. The predicted octanol–water partition coefficient (Wildman–Crippen LogP) is 1.78.